The van der Waals surface area contributed by atoms with Gasteiger partial charge in [0.25, 0.3) is 0 Å². The van der Waals surface area contributed by atoms with Crippen molar-refractivity contribution in [2.45, 2.75) is 6.42 Å². The van der Waals surface area contributed by atoms with Crippen molar-refractivity contribution < 1.29 is 23.8 Å². The van der Waals surface area contributed by atoms with Crippen molar-refractivity contribution >= 4 is 32.7 Å². The Bertz CT molecular complexity index is 1270. The fourth-order valence-corrected chi connectivity index (χ4v) is 4.35. The molecule has 0 bridgehead atoms. The second kappa shape index (κ2) is 9.40. The molecular weight excluding hydrogens is 475 g/mol. The quantitative estimate of drug-likeness (QED) is 0.319. The summed E-state index contributed by atoms with van der Waals surface area (Å²) in [6.07, 6.45) is 0.695. The Hall–Kier alpha value is -3.38. The van der Waals surface area contributed by atoms with Crippen LogP contribution in [0, 0.1) is 5.82 Å². The van der Waals surface area contributed by atoms with Crippen LogP contribution in [0.2, 0.25) is 0 Å². The van der Waals surface area contributed by atoms with Crippen LogP contribution in [0.1, 0.15) is 11.1 Å². The van der Waals surface area contributed by atoms with E-state index in [-0.39, 0.29) is 5.82 Å². The van der Waals surface area contributed by atoms with Crippen LogP contribution in [0.3, 0.4) is 0 Å². The summed E-state index contributed by atoms with van der Waals surface area (Å²) in [5, 5.41) is 10.9. The Labute approximate surface area is 193 Å². The van der Waals surface area contributed by atoms with E-state index in [0.29, 0.717) is 22.2 Å². The summed E-state index contributed by atoms with van der Waals surface area (Å²) < 4.78 is 25.4. The molecule has 0 aromatic heterocycles. The average molecular weight is 495 g/mol. The lowest BCUT2D eigenvalue weighted by Crippen LogP contribution is -2.10. The Balaban J connectivity index is 1.90. The first-order valence-electron chi connectivity index (χ1n) is 9.94. The molecule has 0 unspecified atom stereocenters. The van der Waals surface area contributed by atoms with Crippen LogP contribution < -0.4 is 9.47 Å². The van der Waals surface area contributed by atoms with Gasteiger partial charge in [-0.1, -0.05) is 42.5 Å². The lowest BCUT2D eigenvalue weighted by molar-refractivity contribution is -0.139. The third-order valence-corrected chi connectivity index (χ3v) is 5.95. The fourth-order valence-electron chi connectivity index (χ4n) is 3.68. The fraction of sp³-hybridized carbons (Fsp3) is 0.115. The molecule has 0 saturated carbocycles. The highest BCUT2D eigenvalue weighted by Crippen LogP contribution is 2.44. The van der Waals surface area contributed by atoms with Crippen LogP contribution in [0.15, 0.2) is 77.3 Å². The predicted molar refractivity (Wildman–Crippen MR) is 126 cm³/mol. The first-order chi connectivity index (χ1) is 15.5. The molecule has 0 heterocycles. The van der Waals surface area contributed by atoms with E-state index in [1.807, 2.05) is 30.3 Å². The molecule has 0 atom stereocenters. The van der Waals surface area contributed by atoms with Gasteiger partial charge in [0, 0.05) is 17.4 Å². The molecule has 0 radical (unpaired) electrons. The van der Waals surface area contributed by atoms with Gasteiger partial charge in [0.2, 0.25) is 0 Å². The van der Waals surface area contributed by atoms with Crippen LogP contribution in [0.25, 0.3) is 21.9 Å². The Morgan fingerprint density at radius 1 is 1.03 bits per heavy atom. The van der Waals surface area contributed by atoms with Crippen LogP contribution in [-0.2, 0) is 11.2 Å². The maximum Gasteiger partial charge on any atom is 0.341 e. The molecule has 0 amide bonds. The summed E-state index contributed by atoms with van der Waals surface area (Å²) in [5.74, 6) is -0.334. The Morgan fingerprint density at radius 3 is 2.41 bits per heavy atom. The molecule has 0 saturated heterocycles. The SMILES string of the molecule is COc1cc2c(Br)c(OCC(=O)O)c(-c3ccc(F)cc3)cc2cc1Cc1ccccc1. The second-order valence-electron chi connectivity index (χ2n) is 7.30. The van der Waals surface area contributed by atoms with Gasteiger partial charge < -0.3 is 14.6 Å². The number of hydrogen-bond donors (Lipinski definition) is 1. The minimum Gasteiger partial charge on any atom is -0.496 e. The highest BCUT2D eigenvalue weighted by Gasteiger charge is 2.18. The van der Waals surface area contributed by atoms with E-state index in [4.69, 9.17) is 14.6 Å². The van der Waals surface area contributed by atoms with Crippen molar-refractivity contribution in [1.82, 2.24) is 0 Å². The van der Waals surface area contributed by atoms with E-state index in [2.05, 4.69) is 34.1 Å². The number of carbonyl (C=O) groups is 1. The van der Waals surface area contributed by atoms with Crippen molar-refractivity contribution in [3.8, 4) is 22.6 Å². The summed E-state index contributed by atoms with van der Waals surface area (Å²) >= 11 is 3.60. The molecule has 4 nitrogen and oxygen atoms in total. The summed E-state index contributed by atoms with van der Waals surface area (Å²) in [6.45, 7) is -0.498. The molecule has 6 heteroatoms. The lowest BCUT2D eigenvalue weighted by atomic mass is 9.96. The second-order valence-corrected chi connectivity index (χ2v) is 8.10. The number of aliphatic carboxylic acids is 1. The number of benzene rings is 4. The molecule has 0 aliphatic carbocycles. The third kappa shape index (κ3) is 4.60. The molecule has 0 spiro atoms. The normalized spacial score (nSPS) is 10.8. The Kier molecular flexibility index (Phi) is 6.42. The summed E-state index contributed by atoms with van der Waals surface area (Å²) in [7, 11) is 1.62. The van der Waals surface area contributed by atoms with Crippen LogP contribution in [0.4, 0.5) is 4.39 Å². The van der Waals surface area contributed by atoms with Gasteiger partial charge in [-0.15, -0.1) is 0 Å². The monoisotopic (exact) mass is 494 g/mol. The lowest BCUT2D eigenvalue weighted by Gasteiger charge is -2.17. The van der Waals surface area contributed by atoms with Gasteiger partial charge in [0.15, 0.2) is 6.61 Å². The number of hydrogen-bond acceptors (Lipinski definition) is 3. The van der Waals surface area contributed by atoms with Crippen molar-refractivity contribution in [3.05, 3.63) is 94.2 Å². The maximum atomic E-state index is 13.5. The highest BCUT2D eigenvalue weighted by atomic mass is 79.9. The van der Waals surface area contributed by atoms with E-state index in [9.17, 15) is 9.18 Å². The summed E-state index contributed by atoms with van der Waals surface area (Å²) in [4.78, 5) is 11.1. The average Bonchev–Trinajstić information content (AvgIpc) is 2.79. The zero-order valence-corrected chi connectivity index (χ0v) is 18.9. The van der Waals surface area contributed by atoms with E-state index in [0.717, 1.165) is 33.2 Å². The van der Waals surface area contributed by atoms with E-state index in [1.165, 1.54) is 12.1 Å². The summed E-state index contributed by atoms with van der Waals surface area (Å²) in [6, 6.07) is 22.0. The van der Waals surface area contributed by atoms with Gasteiger partial charge >= 0.3 is 5.97 Å². The van der Waals surface area contributed by atoms with E-state index < -0.39 is 12.6 Å². The third-order valence-electron chi connectivity index (χ3n) is 5.17. The highest BCUT2D eigenvalue weighted by molar-refractivity contribution is 9.10. The first-order valence-corrected chi connectivity index (χ1v) is 10.7. The van der Waals surface area contributed by atoms with Crippen molar-refractivity contribution in [2.75, 3.05) is 13.7 Å². The van der Waals surface area contributed by atoms with Gasteiger partial charge in [0.05, 0.1) is 11.6 Å². The zero-order chi connectivity index (χ0) is 22.7. The molecule has 0 fully saturated rings. The van der Waals surface area contributed by atoms with E-state index in [1.54, 1.807) is 19.2 Å². The van der Waals surface area contributed by atoms with Gasteiger partial charge in [0.1, 0.15) is 17.3 Å². The molecule has 0 aliphatic rings. The molecule has 4 rings (SSSR count). The van der Waals surface area contributed by atoms with Gasteiger partial charge in [-0.05, 0) is 68.3 Å². The zero-order valence-electron chi connectivity index (χ0n) is 17.3. The molecule has 1 N–H and O–H groups in total. The minimum atomic E-state index is -1.09. The Morgan fingerprint density at radius 2 is 1.75 bits per heavy atom. The van der Waals surface area contributed by atoms with Gasteiger partial charge in [-0.2, -0.15) is 0 Å². The molecule has 162 valence electrons. The van der Waals surface area contributed by atoms with Crippen molar-refractivity contribution in [2.24, 2.45) is 0 Å². The maximum absolute atomic E-state index is 13.5. The molecule has 0 aliphatic heterocycles. The summed E-state index contributed by atoms with van der Waals surface area (Å²) in [5.41, 5.74) is 3.56. The predicted octanol–water partition coefficient (Wildman–Crippen LogP) is 6.47. The van der Waals surface area contributed by atoms with Crippen LogP contribution >= 0.6 is 15.9 Å². The van der Waals surface area contributed by atoms with Crippen molar-refractivity contribution in [3.63, 3.8) is 0 Å². The first kappa shape index (κ1) is 21.8. The topological polar surface area (TPSA) is 55.8 Å². The number of ether oxygens (including phenoxy) is 2. The smallest absolute Gasteiger partial charge is 0.341 e. The molecule has 4 aromatic carbocycles. The number of halogens is 2. The van der Waals surface area contributed by atoms with Gasteiger partial charge in [-0.25, -0.2) is 9.18 Å². The number of carboxylic acids is 1. The number of fused-ring (bicyclic) bond motifs is 1. The number of carboxylic acid groups (broad SMARTS) is 1. The largest absolute Gasteiger partial charge is 0.496 e. The van der Waals surface area contributed by atoms with E-state index >= 15 is 0 Å². The van der Waals surface area contributed by atoms with Crippen LogP contribution in [0.5, 0.6) is 11.5 Å². The minimum absolute atomic E-state index is 0.350. The molecule has 32 heavy (non-hydrogen) atoms. The van der Waals surface area contributed by atoms with Gasteiger partial charge in [-0.3, -0.25) is 0 Å². The molecule has 4 aromatic rings. The van der Waals surface area contributed by atoms with Crippen LogP contribution in [-0.4, -0.2) is 24.8 Å². The number of rotatable bonds is 7. The number of methoxy groups -OCH3 is 1. The van der Waals surface area contributed by atoms with Crippen molar-refractivity contribution in [1.29, 1.82) is 0 Å². The molecular formula is C26H20BrFO4. The standard InChI is InChI=1S/C26H20BrFO4/c1-31-23-14-21-18(12-19(23)11-16-5-3-2-4-6-16)13-22(17-7-9-20(28)10-8-17)26(25(21)27)32-15-24(29)30/h2-10,12-14H,11,15H2,1H3,(H,29,30).